The Morgan fingerprint density at radius 1 is 0.947 bits per heavy atom. The third-order valence-electron chi connectivity index (χ3n) is 2.42. The minimum absolute atomic E-state index is 0.271. The number of ketones is 1. The number of hydrogen-bond donors (Lipinski definition) is 2. The molecular formula is C16H19NO2. The molecule has 2 rings (SSSR count). The van der Waals surface area contributed by atoms with Gasteiger partial charge in [0.15, 0.2) is 5.78 Å². The van der Waals surface area contributed by atoms with Crippen molar-refractivity contribution >= 4 is 5.78 Å². The molecule has 0 saturated heterocycles. The van der Waals surface area contributed by atoms with Crippen molar-refractivity contribution in [3.8, 4) is 0 Å². The Morgan fingerprint density at radius 2 is 1.37 bits per heavy atom. The third-order valence-corrected chi connectivity index (χ3v) is 2.42. The maximum atomic E-state index is 11.9. The molecule has 2 aromatic rings. The van der Waals surface area contributed by atoms with E-state index >= 15 is 0 Å². The largest absolute Gasteiger partial charge is 0.380 e. The average Bonchev–Trinajstić information content (AvgIpc) is 2.48. The number of Topliss-reactive ketones (excluding diaryl/α,β-unsaturated/α-hetero) is 1. The van der Waals surface area contributed by atoms with Crippen LogP contribution in [0.4, 0.5) is 0 Å². The fourth-order valence-corrected chi connectivity index (χ4v) is 1.55. The molecule has 2 N–H and O–H groups in total. The van der Waals surface area contributed by atoms with Crippen molar-refractivity contribution in [3.05, 3.63) is 71.8 Å². The summed E-state index contributed by atoms with van der Waals surface area (Å²) in [6, 6.07) is 17.7. The number of aliphatic hydroxyl groups is 1. The molecule has 3 heteroatoms. The summed E-state index contributed by atoms with van der Waals surface area (Å²) in [5, 5.41) is 12.6. The second kappa shape index (κ2) is 8.19. The van der Waals surface area contributed by atoms with Gasteiger partial charge in [-0.25, -0.2) is 0 Å². The second-order valence-electron chi connectivity index (χ2n) is 4.04. The first-order valence-corrected chi connectivity index (χ1v) is 6.11. The molecule has 0 saturated carbocycles. The predicted molar refractivity (Wildman–Crippen MR) is 77.2 cm³/mol. The molecule has 0 aliphatic heterocycles. The van der Waals surface area contributed by atoms with E-state index in [1.165, 1.54) is 0 Å². The van der Waals surface area contributed by atoms with E-state index in [1.807, 2.05) is 26.2 Å². The van der Waals surface area contributed by atoms with Crippen LogP contribution in [0.15, 0.2) is 60.7 Å². The van der Waals surface area contributed by atoms with Gasteiger partial charge in [-0.3, -0.25) is 4.79 Å². The minimum atomic E-state index is -1.08. The van der Waals surface area contributed by atoms with E-state index in [1.54, 1.807) is 48.5 Å². The summed E-state index contributed by atoms with van der Waals surface area (Å²) in [4.78, 5) is 11.9. The van der Waals surface area contributed by atoms with Crippen molar-refractivity contribution in [2.24, 2.45) is 0 Å². The van der Waals surface area contributed by atoms with Crippen molar-refractivity contribution in [2.75, 3.05) is 14.1 Å². The second-order valence-corrected chi connectivity index (χ2v) is 4.04. The molecular weight excluding hydrogens is 238 g/mol. The highest BCUT2D eigenvalue weighted by molar-refractivity contribution is 5.99. The standard InChI is InChI=1S/C14H12O2.C2H7N/c15-13(11-7-3-1-4-8-11)14(16)12-9-5-2-6-10-12;1-3-2/h1-10,13,15H;3H,1-2H3. The van der Waals surface area contributed by atoms with Crippen LogP contribution in [0.5, 0.6) is 0 Å². The van der Waals surface area contributed by atoms with Gasteiger partial charge in [-0.15, -0.1) is 0 Å². The lowest BCUT2D eigenvalue weighted by molar-refractivity contribution is 0.0747. The Labute approximate surface area is 113 Å². The molecule has 0 fully saturated rings. The van der Waals surface area contributed by atoms with Crippen LogP contribution in [0, 0.1) is 0 Å². The maximum absolute atomic E-state index is 11.9. The number of rotatable bonds is 3. The summed E-state index contributed by atoms with van der Waals surface area (Å²) >= 11 is 0. The summed E-state index contributed by atoms with van der Waals surface area (Å²) < 4.78 is 0. The maximum Gasteiger partial charge on any atom is 0.195 e. The van der Waals surface area contributed by atoms with Crippen LogP contribution < -0.4 is 5.32 Å². The van der Waals surface area contributed by atoms with Gasteiger partial charge >= 0.3 is 0 Å². The van der Waals surface area contributed by atoms with Crippen LogP contribution in [0.1, 0.15) is 22.0 Å². The van der Waals surface area contributed by atoms with Crippen LogP contribution in [0.25, 0.3) is 0 Å². The lowest BCUT2D eigenvalue weighted by atomic mass is 10.0. The van der Waals surface area contributed by atoms with Crippen LogP contribution in [-0.2, 0) is 0 Å². The van der Waals surface area contributed by atoms with E-state index in [9.17, 15) is 9.90 Å². The van der Waals surface area contributed by atoms with Gasteiger partial charge < -0.3 is 10.4 Å². The van der Waals surface area contributed by atoms with Crippen molar-refractivity contribution < 1.29 is 9.90 Å². The van der Waals surface area contributed by atoms with Gasteiger partial charge in [0.2, 0.25) is 0 Å². The summed E-state index contributed by atoms with van der Waals surface area (Å²) in [5.41, 5.74) is 1.15. The molecule has 0 aliphatic carbocycles. The third kappa shape index (κ3) is 4.66. The highest BCUT2D eigenvalue weighted by atomic mass is 16.3. The Bertz CT molecular complexity index is 483. The van der Waals surface area contributed by atoms with Gasteiger partial charge in [-0.2, -0.15) is 0 Å². The Hall–Kier alpha value is -1.97. The fraction of sp³-hybridized carbons (Fsp3) is 0.188. The Kier molecular flexibility index (Phi) is 6.50. The Morgan fingerprint density at radius 3 is 1.84 bits per heavy atom. The van der Waals surface area contributed by atoms with E-state index in [4.69, 9.17) is 0 Å². The summed E-state index contributed by atoms with van der Waals surface area (Å²) in [5.74, 6) is -0.271. The molecule has 0 bridgehead atoms. The molecule has 1 atom stereocenters. The van der Waals surface area contributed by atoms with Crippen molar-refractivity contribution in [2.45, 2.75) is 6.10 Å². The van der Waals surface area contributed by atoms with Crippen molar-refractivity contribution in [3.63, 3.8) is 0 Å². The smallest absolute Gasteiger partial charge is 0.195 e. The van der Waals surface area contributed by atoms with E-state index in [-0.39, 0.29) is 5.78 Å². The van der Waals surface area contributed by atoms with Gasteiger partial charge in [-0.1, -0.05) is 60.7 Å². The summed E-state index contributed by atoms with van der Waals surface area (Å²) in [6.45, 7) is 0. The van der Waals surface area contributed by atoms with Crippen molar-refractivity contribution in [1.29, 1.82) is 0 Å². The van der Waals surface area contributed by atoms with Crippen LogP contribution in [0.2, 0.25) is 0 Å². The molecule has 0 heterocycles. The predicted octanol–water partition coefficient (Wildman–Crippen LogP) is 2.44. The highest BCUT2D eigenvalue weighted by Crippen LogP contribution is 2.17. The number of hydrogen-bond acceptors (Lipinski definition) is 3. The lowest BCUT2D eigenvalue weighted by Crippen LogP contribution is -2.11. The van der Waals surface area contributed by atoms with Crippen molar-refractivity contribution in [1.82, 2.24) is 5.32 Å². The molecule has 0 aliphatic rings. The zero-order valence-electron chi connectivity index (χ0n) is 11.2. The van der Waals surface area contributed by atoms with Gasteiger partial charge in [0, 0.05) is 5.56 Å². The van der Waals surface area contributed by atoms with Gasteiger partial charge in [0.1, 0.15) is 6.10 Å². The molecule has 100 valence electrons. The number of carbonyl (C=O) groups is 1. The average molecular weight is 257 g/mol. The highest BCUT2D eigenvalue weighted by Gasteiger charge is 2.18. The SMILES string of the molecule is CNC.O=C(c1ccccc1)C(O)c1ccccc1. The first kappa shape index (κ1) is 15.1. The first-order valence-electron chi connectivity index (χ1n) is 6.11. The molecule has 0 amide bonds. The Balaban J connectivity index is 0.000000550. The number of benzene rings is 2. The molecule has 0 aromatic heterocycles. The van der Waals surface area contributed by atoms with E-state index in [0.29, 0.717) is 11.1 Å². The van der Waals surface area contributed by atoms with E-state index in [2.05, 4.69) is 5.32 Å². The van der Waals surface area contributed by atoms with Crippen LogP contribution in [0.3, 0.4) is 0 Å². The normalized spacial score (nSPS) is 11.1. The molecule has 19 heavy (non-hydrogen) atoms. The zero-order valence-corrected chi connectivity index (χ0v) is 11.2. The number of nitrogens with one attached hydrogen (secondary N) is 1. The lowest BCUT2D eigenvalue weighted by Gasteiger charge is -2.09. The minimum Gasteiger partial charge on any atom is -0.380 e. The summed E-state index contributed by atoms with van der Waals surface area (Å²) in [7, 11) is 3.75. The monoisotopic (exact) mass is 257 g/mol. The van der Waals surface area contributed by atoms with E-state index in [0.717, 1.165) is 0 Å². The fourth-order valence-electron chi connectivity index (χ4n) is 1.55. The molecule has 0 radical (unpaired) electrons. The van der Waals surface area contributed by atoms with Gasteiger partial charge in [-0.05, 0) is 19.7 Å². The number of carbonyl (C=O) groups excluding carboxylic acids is 1. The van der Waals surface area contributed by atoms with Gasteiger partial charge in [0.25, 0.3) is 0 Å². The van der Waals surface area contributed by atoms with Crippen LogP contribution >= 0.6 is 0 Å². The number of aliphatic hydroxyl groups excluding tert-OH is 1. The summed E-state index contributed by atoms with van der Waals surface area (Å²) in [6.07, 6.45) is -1.08. The van der Waals surface area contributed by atoms with Crippen LogP contribution in [-0.4, -0.2) is 25.0 Å². The molecule has 0 spiro atoms. The van der Waals surface area contributed by atoms with Gasteiger partial charge in [0.05, 0.1) is 0 Å². The molecule has 2 aromatic carbocycles. The zero-order chi connectivity index (χ0) is 14.1. The van der Waals surface area contributed by atoms with E-state index < -0.39 is 6.10 Å². The molecule has 1 unspecified atom stereocenters. The topological polar surface area (TPSA) is 49.3 Å². The molecule has 3 nitrogen and oxygen atoms in total. The quantitative estimate of drug-likeness (QED) is 0.830. The first-order chi connectivity index (χ1) is 9.20.